The number of aliphatic hydroxyl groups is 4. The second-order valence-corrected chi connectivity index (χ2v) is 8.88. The molecule has 0 aromatic heterocycles. The third kappa shape index (κ3) is 4.74. The van der Waals surface area contributed by atoms with Gasteiger partial charge >= 0.3 is 0 Å². The van der Waals surface area contributed by atoms with Gasteiger partial charge in [0.15, 0.2) is 11.6 Å². The minimum Gasteiger partial charge on any atom is -0.491 e. The second-order valence-electron chi connectivity index (χ2n) is 7.08. The van der Waals surface area contributed by atoms with Gasteiger partial charge in [-0.3, -0.25) is 0 Å². The van der Waals surface area contributed by atoms with Crippen molar-refractivity contribution >= 4 is 23.4 Å². The fourth-order valence-corrected chi connectivity index (χ4v) is 5.06. The minimum absolute atomic E-state index is 0.00389. The lowest BCUT2D eigenvalue weighted by atomic mass is 9.95. The predicted molar refractivity (Wildman–Crippen MR) is 111 cm³/mol. The summed E-state index contributed by atoms with van der Waals surface area (Å²) in [5.74, 6) is -1.48. The largest absolute Gasteiger partial charge is 0.491 e. The smallest absolute Gasteiger partial charge is 0.165 e. The predicted octanol–water partition coefficient (Wildman–Crippen LogP) is 2.84. The van der Waals surface area contributed by atoms with Gasteiger partial charge in [-0.2, -0.15) is 0 Å². The third-order valence-corrected chi connectivity index (χ3v) is 7.06. The van der Waals surface area contributed by atoms with Gasteiger partial charge in [0, 0.05) is 17.5 Å². The maximum absolute atomic E-state index is 14.5. The van der Waals surface area contributed by atoms with Crippen LogP contribution >= 0.6 is 23.4 Å². The van der Waals surface area contributed by atoms with E-state index >= 15 is 0 Å². The van der Waals surface area contributed by atoms with Gasteiger partial charge in [0.05, 0.1) is 35.9 Å². The van der Waals surface area contributed by atoms with Crippen LogP contribution in [0.2, 0.25) is 5.02 Å². The first-order valence-corrected chi connectivity index (χ1v) is 10.8. The summed E-state index contributed by atoms with van der Waals surface area (Å²) in [6, 6.07) is 6.94. The topological polar surface area (TPSA) is 90.2 Å². The van der Waals surface area contributed by atoms with Gasteiger partial charge < -0.3 is 25.2 Å². The average molecular weight is 461 g/mol. The van der Waals surface area contributed by atoms with E-state index in [1.54, 1.807) is 25.1 Å². The van der Waals surface area contributed by atoms with Crippen LogP contribution in [0.15, 0.2) is 30.3 Å². The Kier molecular flexibility index (Phi) is 7.60. The van der Waals surface area contributed by atoms with Crippen molar-refractivity contribution in [1.82, 2.24) is 0 Å². The molecular formula is C21H23ClF2O5S. The van der Waals surface area contributed by atoms with Gasteiger partial charge in [-0.25, -0.2) is 8.78 Å². The molecule has 2 aromatic carbocycles. The van der Waals surface area contributed by atoms with E-state index in [0.29, 0.717) is 16.1 Å². The van der Waals surface area contributed by atoms with E-state index in [-0.39, 0.29) is 30.9 Å². The van der Waals surface area contributed by atoms with E-state index in [1.165, 1.54) is 0 Å². The lowest BCUT2D eigenvalue weighted by molar-refractivity contribution is -0.0700. The standard InChI is InChI=1S/C21H23ClF2O5S/c1-2-29-16-8-14(23)12(7-15(16)24)6-11-5-10(3-4-13(11)22)21-20(28)19(27)18(26)17(9-25)30-21/h3-5,7-8,17-21,25-28H,2,6,9H2,1H3/t17-,18-,19+,20-,21+/m1/s1. The van der Waals surface area contributed by atoms with Crippen LogP contribution in [0.1, 0.15) is 28.9 Å². The molecule has 5 nitrogen and oxygen atoms in total. The fraction of sp³-hybridized carbons (Fsp3) is 0.429. The molecule has 0 unspecified atom stereocenters. The van der Waals surface area contributed by atoms with Gasteiger partial charge in [-0.05, 0) is 35.7 Å². The van der Waals surface area contributed by atoms with Crippen LogP contribution in [0.3, 0.4) is 0 Å². The van der Waals surface area contributed by atoms with E-state index < -0.39 is 40.4 Å². The minimum atomic E-state index is -1.43. The van der Waals surface area contributed by atoms with E-state index in [0.717, 1.165) is 23.9 Å². The molecule has 1 aliphatic rings. The number of hydrogen-bond donors (Lipinski definition) is 4. The normalized spacial score (nSPS) is 26.6. The summed E-state index contributed by atoms with van der Waals surface area (Å²) >= 11 is 7.40. The zero-order valence-electron chi connectivity index (χ0n) is 16.1. The molecule has 9 heteroatoms. The molecule has 164 valence electrons. The quantitative estimate of drug-likeness (QED) is 0.530. The highest BCUT2D eigenvalue weighted by atomic mass is 35.5. The summed E-state index contributed by atoms with van der Waals surface area (Å²) in [6.07, 6.45) is -3.96. The Bertz CT molecular complexity index is 898. The molecule has 0 spiro atoms. The van der Waals surface area contributed by atoms with Gasteiger partial charge in [-0.1, -0.05) is 23.7 Å². The zero-order chi connectivity index (χ0) is 22.0. The first kappa shape index (κ1) is 23.2. The molecule has 5 atom stereocenters. The SMILES string of the molecule is CCOc1cc(F)c(Cc2cc([C@@H]3S[C@H](CO)[C@@H](O)[C@H](O)[C@H]3O)ccc2Cl)cc1F. The Labute approximate surface area is 182 Å². The van der Waals surface area contributed by atoms with Crippen molar-refractivity contribution in [3.05, 3.63) is 63.7 Å². The summed E-state index contributed by atoms with van der Waals surface area (Å²) in [4.78, 5) is 0. The molecule has 1 heterocycles. The fourth-order valence-electron chi connectivity index (χ4n) is 3.46. The van der Waals surface area contributed by atoms with Crippen LogP contribution in [-0.2, 0) is 6.42 Å². The monoisotopic (exact) mass is 460 g/mol. The van der Waals surface area contributed by atoms with E-state index in [2.05, 4.69) is 0 Å². The molecule has 1 saturated heterocycles. The summed E-state index contributed by atoms with van der Waals surface area (Å²) in [6.45, 7) is 1.51. The number of halogens is 3. The molecule has 1 fully saturated rings. The molecule has 0 amide bonds. The molecule has 0 saturated carbocycles. The molecule has 0 bridgehead atoms. The molecule has 0 aliphatic carbocycles. The number of hydrogen-bond acceptors (Lipinski definition) is 6. The zero-order valence-corrected chi connectivity index (χ0v) is 17.7. The maximum atomic E-state index is 14.5. The number of ether oxygens (including phenoxy) is 1. The Hall–Kier alpha value is -1.42. The molecule has 2 aromatic rings. The maximum Gasteiger partial charge on any atom is 0.165 e. The van der Waals surface area contributed by atoms with Crippen molar-refractivity contribution in [3.8, 4) is 5.75 Å². The lowest BCUT2D eigenvalue weighted by Crippen LogP contribution is -2.51. The average Bonchev–Trinajstić information content (AvgIpc) is 2.72. The second kappa shape index (κ2) is 9.80. The first-order valence-electron chi connectivity index (χ1n) is 9.46. The summed E-state index contributed by atoms with van der Waals surface area (Å²) in [5.41, 5.74) is 1.18. The molecule has 0 radical (unpaired) electrons. The van der Waals surface area contributed by atoms with Crippen LogP contribution in [0.4, 0.5) is 8.78 Å². The van der Waals surface area contributed by atoms with Crippen molar-refractivity contribution in [1.29, 1.82) is 0 Å². The first-order chi connectivity index (χ1) is 14.3. The van der Waals surface area contributed by atoms with Crippen molar-refractivity contribution in [2.75, 3.05) is 13.2 Å². The van der Waals surface area contributed by atoms with E-state index in [4.69, 9.17) is 16.3 Å². The van der Waals surface area contributed by atoms with E-state index in [9.17, 15) is 29.2 Å². The van der Waals surface area contributed by atoms with Gasteiger partial charge in [0.1, 0.15) is 11.9 Å². The van der Waals surface area contributed by atoms with Gasteiger partial charge in [0.25, 0.3) is 0 Å². The van der Waals surface area contributed by atoms with Gasteiger partial charge in [-0.15, -0.1) is 11.8 Å². The molecule has 30 heavy (non-hydrogen) atoms. The molecular weight excluding hydrogens is 438 g/mol. The summed E-state index contributed by atoms with van der Waals surface area (Å²) in [7, 11) is 0. The Morgan fingerprint density at radius 2 is 1.73 bits per heavy atom. The van der Waals surface area contributed by atoms with Gasteiger partial charge in [0.2, 0.25) is 0 Å². The molecule has 4 N–H and O–H groups in total. The highest BCUT2D eigenvalue weighted by Gasteiger charge is 2.43. The Morgan fingerprint density at radius 3 is 2.40 bits per heavy atom. The van der Waals surface area contributed by atoms with Crippen molar-refractivity contribution in [2.24, 2.45) is 0 Å². The number of aliphatic hydroxyl groups excluding tert-OH is 4. The van der Waals surface area contributed by atoms with Crippen LogP contribution < -0.4 is 4.74 Å². The molecule has 1 aliphatic heterocycles. The number of thioether (sulfide) groups is 1. The lowest BCUT2D eigenvalue weighted by Gasteiger charge is -2.39. The third-order valence-electron chi connectivity index (χ3n) is 5.07. The van der Waals surface area contributed by atoms with Crippen LogP contribution in [0.25, 0.3) is 0 Å². The molecule has 3 rings (SSSR count). The Morgan fingerprint density at radius 1 is 1.00 bits per heavy atom. The van der Waals surface area contributed by atoms with Crippen LogP contribution in [0.5, 0.6) is 5.75 Å². The highest BCUT2D eigenvalue weighted by molar-refractivity contribution is 8.00. The highest BCUT2D eigenvalue weighted by Crippen LogP contribution is 2.43. The number of benzene rings is 2. The van der Waals surface area contributed by atoms with Crippen LogP contribution in [0, 0.1) is 11.6 Å². The van der Waals surface area contributed by atoms with E-state index in [1.807, 2.05) is 0 Å². The number of rotatable bonds is 6. The summed E-state index contributed by atoms with van der Waals surface area (Å²) < 4.78 is 33.7. The summed E-state index contributed by atoms with van der Waals surface area (Å²) in [5, 5.41) is 39.0. The van der Waals surface area contributed by atoms with Crippen molar-refractivity contribution in [3.63, 3.8) is 0 Å². The Balaban J connectivity index is 1.90. The van der Waals surface area contributed by atoms with Crippen LogP contribution in [-0.4, -0.2) is 57.2 Å². The van der Waals surface area contributed by atoms with Crippen molar-refractivity contribution in [2.45, 2.75) is 42.2 Å². The van der Waals surface area contributed by atoms with Crippen molar-refractivity contribution < 1.29 is 33.9 Å².